The normalized spacial score (nSPS) is 22.6. The molecule has 132 valence electrons. The van der Waals surface area contributed by atoms with Crippen LogP contribution < -0.4 is 10.9 Å². The highest BCUT2D eigenvalue weighted by Gasteiger charge is 2.27. The lowest BCUT2D eigenvalue weighted by Gasteiger charge is -2.29. The van der Waals surface area contributed by atoms with Gasteiger partial charge in [-0.05, 0) is 78.6 Å². The topological polar surface area (TPSA) is 77.1 Å². The number of furan rings is 1. The van der Waals surface area contributed by atoms with Crippen molar-refractivity contribution in [3.63, 3.8) is 0 Å². The van der Waals surface area contributed by atoms with Crippen molar-refractivity contribution in [3.05, 3.63) is 50.2 Å². The van der Waals surface area contributed by atoms with Gasteiger partial charge in [-0.1, -0.05) is 0 Å². The second-order valence-electron chi connectivity index (χ2n) is 6.84. The summed E-state index contributed by atoms with van der Waals surface area (Å²) in [4.78, 5) is 24.5. The second-order valence-corrected chi connectivity index (χ2v) is 7.62. The molecule has 0 aliphatic heterocycles. The van der Waals surface area contributed by atoms with Crippen molar-refractivity contribution in [1.29, 1.82) is 0 Å². The van der Waals surface area contributed by atoms with E-state index < -0.39 is 0 Å². The van der Waals surface area contributed by atoms with Crippen LogP contribution in [0.1, 0.15) is 60.0 Å². The van der Waals surface area contributed by atoms with E-state index >= 15 is 0 Å². The van der Waals surface area contributed by atoms with Crippen molar-refractivity contribution in [3.8, 4) is 0 Å². The lowest BCUT2D eigenvalue weighted by Crippen LogP contribution is -2.39. The number of carbonyl (C=O) groups is 1. The Morgan fingerprint density at radius 2 is 2.04 bits per heavy atom. The molecule has 1 fully saturated rings. The third kappa shape index (κ3) is 3.42. The Morgan fingerprint density at radius 1 is 1.24 bits per heavy atom. The first-order valence-electron chi connectivity index (χ1n) is 8.78. The minimum absolute atomic E-state index is 0.00794. The first-order chi connectivity index (χ1) is 12.1. The van der Waals surface area contributed by atoms with Gasteiger partial charge in [0.25, 0.3) is 11.5 Å². The van der Waals surface area contributed by atoms with Crippen LogP contribution in [0.25, 0.3) is 0 Å². The van der Waals surface area contributed by atoms with E-state index in [9.17, 15) is 9.59 Å². The molecule has 0 atom stereocenters. The van der Waals surface area contributed by atoms with Crippen molar-refractivity contribution >= 4 is 21.8 Å². The Bertz CT molecular complexity index is 849. The van der Waals surface area contributed by atoms with E-state index in [0.29, 0.717) is 10.4 Å². The molecule has 1 amide bonds. The highest BCUT2D eigenvalue weighted by atomic mass is 79.9. The van der Waals surface area contributed by atoms with E-state index in [-0.39, 0.29) is 23.6 Å². The summed E-state index contributed by atoms with van der Waals surface area (Å²) < 4.78 is 7.50. The number of nitrogens with one attached hydrogen (secondary N) is 1. The van der Waals surface area contributed by atoms with Gasteiger partial charge in [-0.2, -0.15) is 5.10 Å². The summed E-state index contributed by atoms with van der Waals surface area (Å²) in [5.41, 5.74) is 2.21. The fourth-order valence-electron chi connectivity index (χ4n) is 3.83. The first kappa shape index (κ1) is 16.6. The second kappa shape index (κ2) is 6.78. The molecule has 25 heavy (non-hydrogen) atoms. The van der Waals surface area contributed by atoms with Crippen molar-refractivity contribution in [2.24, 2.45) is 0 Å². The zero-order valence-corrected chi connectivity index (χ0v) is 15.4. The molecule has 0 radical (unpaired) electrons. The zero-order valence-electron chi connectivity index (χ0n) is 13.8. The van der Waals surface area contributed by atoms with E-state index in [2.05, 4.69) is 26.3 Å². The Labute approximate surface area is 153 Å². The molecule has 1 saturated carbocycles. The standard InChI is InChI=1S/C18H20BrN3O3/c19-16-9-8-15(25-16)18(24)20-12-4-6-13(7-5-12)22-17(23)10-11-2-1-3-14(11)21-22/h8-10,12-13H,1-7H2,(H,20,24). The van der Waals surface area contributed by atoms with Crippen LogP contribution in [0.2, 0.25) is 0 Å². The van der Waals surface area contributed by atoms with E-state index in [0.717, 1.165) is 56.2 Å². The van der Waals surface area contributed by atoms with Crippen LogP contribution >= 0.6 is 15.9 Å². The lowest BCUT2D eigenvalue weighted by molar-refractivity contribution is 0.0892. The highest BCUT2D eigenvalue weighted by molar-refractivity contribution is 9.10. The van der Waals surface area contributed by atoms with Gasteiger partial charge in [0, 0.05) is 12.1 Å². The average Bonchev–Trinajstić information content (AvgIpc) is 3.23. The fraction of sp³-hybridized carbons (Fsp3) is 0.500. The number of hydrogen-bond donors (Lipinski definition) is 1. The van der Waals surface area contributed by atoms with Gasteiger partial charge in [0.1, 0.15) is 0 Å². The van der Waals surface area contributed by atoms with Gasteiger partial charge in [0.05, 0.1) is 11.7 Å². The first-order valence-corrected chi connectivity index (χ1v) is 9.57. The van der Waals surface area contributed by atoms with E-state index in [1.54, 1.807) is 22.9 Å². The molecule has 2 heterocycles. The van der Waals surface area contributed by atoms with Crippen LogP contribution in [0.3, 0.4) is 0 Å². The number of nitrogens with zero attached hydrogens (tertiary/aromatic N) is 2. The van der Waals surface area contributed by atoms with E-state index in [1.807, 2.05) is 0 Å². The Balaban J connectivity index is 1.39. The zero-order chi connectivity index (χ0) is 17.4. The maximum absolute atomic E-state index is 12.3. The summed E-state index contributed by atoms with van der Waals surface area (Å²) in [7, 11) is 0. The summed E-state index contributed by atoms with van der Waals surface area (Å²) >= 11 is 3.20. The summed E-state index contributed by atoms with van der Waals surface area (Å²) in [6, 6.07) is 5.36. The number of aromatic nitrogens is 2. The number of hydrogen-bond acceptors (Lipinski definition) is 4. The van der Waals surface area contributed by atoms with Gasteiger partial charge in [0.15, 0.2) is 10.4 Å². The number of carbonyl (C=O) groups excluding carboxylic acids is 1. The predicted molar refractivity (Wildman–Crippen MR) is 95.7 cm³/mol. The fourth-order valence-corrected chi connectivity index (χ4v) is 4.14. The molecule has 4 rings (SSSR count). The maximum Gasteiger partial charge on any atom is 0.287 e. The number of amides is 1. The van der Waals surface area contributed by atoms with Gasteiger partial charge in [0.2, 0.25) is 0 Å². The summed E-state index contributed by atoms with van der Waals surface area (Å²) in [6.07, 6.45) is 6.40. The monoisotopic (exact) mass is 405 g/mol. The molecule has 2 aromatic rings. The number of aryl methyl sites for hydroxylation is 2. The molecule has 0 bridgehead atoms. The van der Waals surface area contributed by atoms with Crippen LogP contribution in [0.15, 0.2) is 32.1 Å². The summed E-state index contributed by atoms with van der Waals surface area (Å²) in [5, 5.41) is 7.62. The van der Waals surface area contributed by atoms with Crippen LogP contribution in [0, 0.1) is 0 Å². The Hall–Kier alpha value is -1.89. The van der Waals surface area contributed by atoms with Crippen molar-refractivity contribution in [2.45, 2.75) is 57.0 Å². The SMILES string of the molecule is O=C(NC1CCC(n2nc3c(cc2=O)CCC3)CC1)c1ccc(Br)o1. The van der Waals surface area contributed by atoms with Gasteiger partial charge < -0.3 is 9.73 Å². The summed E-state index contributed by atoms with van der Waals surface area (Å²) in [5.74, 6) is 0.118. The molecule has 0 spiro atoms. The van der Waals surface area contributed by atoms with Crippen LogP contribution in [-0.4, -0.2) is 21.7 Å². The quantitative estimate of drug-likeness (QED) is 0.850. The van der Waals surface area contributed by atoms with Gasteiger partial charge >= 0.3 is 0 Å². The highest BCUT2D eigenvalue weighted by Crippen LogP contribution is 2.28. The van der Waals surface area contributed by atoms with Crippen molar-refractivity contribution < 1.29 is 9.21 Å². The molecule has 2 aromatic heterocycles. The maximum atomic E-state index is 12.3. The third-order valence-corrected chi connectivity index (χ3v) is 5.58. The Morgan fingerprint density at radius 3 is 2.76 bits per heavy atom. The molecule has 7 heteroatoms. The molecular formula is C18H20BrN3O3. The molecule has 2 aliphatic rings. The number of fused-ring (bicyclic) bond motifs is 1. The van der Waals surface area contributed by atoms with Gasteiger partial charge in [-0.15, -0.1) is 0 Å². The molecule has 0 saturated heterocycles. The minimum atomic E-state index is -0.193. The van der Waals surface area contributed by atoms with E-state index in [1.165, 1.54) is 0 Å². The smallest absolute Gasteiger partial charge is 0.287 e. The molecule has 2 aliphatic carbocycles. The van der Waals surface area contributed by atoms with Crippen molar-refractivity contribution in [2.75, 3.05) is 0 Å². The third-order valence-electron chi connectivity index (χ3n) is 5.16. The Kier molecular flexibility index (Phi) is 4.50. The number of rotatable bonds is 3. The molecule has 6 nitrogen and oxygen atoms in total. The molecule has 0 unspecified atom stereocenters. The molecular weight excluding hydrogens is 386 g/mol. The van der Waals surface area contributed by atoms with Gasteiger partial charge in [-0.3, -0.25) is 9.59 Å². The average molecular weight is 406 g/mol. The summed E-state index contributed by atoms with van der Waals surface area (Å²) in [6.45, 7) is 0. The predicted octanol–water partition coefficient (Wildman–Crippen LogP) is 3.00. The molecule has 0 aromatic carbocycles. The molecule has 1 N–H and O–H groups in total. The van der Waals surface area contributed by atoms with Crippen LogP contribution in [0.5, 0.6) is 0 Å². The number of halogens is 1. The largest absolute Gasteiger partial charge is 0.444 e. The van der Waals surface area contributed by atoms with Crippen LogP contribution in [0.4, 0.5) is 0 Å². The minimum Gasteiger partial charge on any atom is -0.444 e. The lowest BCUT2D eigenvalue weighted by atomic mass is 9.91. The van der Waals surface area contributed by atoms with Crippen LogP contribution in [-0.2, 0) is 12.8 Å². The van der Waals surface area contributed by atoms with Crippen molar-refractivity contribution in [1.82, 2.24) is 15.1 Å². The van der Waals surface area contributed by atoms with Gasteiger partial charge in [-0.25, -0.2) is 4.68 Å². The van der Waals surface area contributed by atoms with E-state index in [4.69, 9.17) is 4.42 Å².